The lowest BCUT2D eigenvalue weighted by Gasteiger charge is -2.25. The van der Waals surface area contributed by atoms with Crippen LogP contribution >= 0.6 is 35.3 Å². The standard InChI is InChI=1S/C16H28N4O3S2.HI/c1-4-17-16(18-11-13(2)3)19-12-14-5-6-15(24-14)25(21,22)20-7-9-23-10-8-20;/h5-6,13H,4,7-12H2,1-3H3,(H2,17,18,19);1H. The van der Waals surface area contributed by atoms with Gasteiger partial charge in [0.2, 0.25) is 0 Å². The summed E-state index contributed by atoms with van der Waals surface area (Å²) in [5.74, 6) is 1.28. The first-order valence-corrected chi connectivity index (χ1v) is 10.9. The number of hydrogen-bond acceptors (Lipinski definition) is 5. The summed E-state index contributed by atoms with van der Waals surface area (Å²) >= 11 is 1.28. The van der Waals surface area contributed by atoms with Crippen LogP contribution in [0.15, 0.2) is 21.3 Å². The van der Waals surface area contributed by atoms with Crippen molar-refractivity contribution in [3.63, 3.8) is 0 Å². The van der Waals surface area contributed by atoms with Gasteiger partial charge in [-0.25, -0.2) is 13.4 Å². The zero-order valence-corrected chi connectivity index (χ0v) is 19.5. The van der Waals surface area contributed by atoms with E-state index in [1.807, 2.05) is 13.0 Å². The average molecular weight is 516 g/mol. The lowest BCUT2D eigenvalue weighted by Crippen LogP contribution is -2.40. The largest absolute Gasteiger partial charge is 0.379 e. The number of nitrogens with zero attached hydrogens (tertiary/aromatic N) is 2. The molecule has 2 rings (SSSR count). The fourth-order valence-electron chi connectivity index (χ4n) is 2.30. The first-order valence-electron chi connectivity index (χ1n) is 8.62. The van der Waals surface area contributed by atoms with E-state index in [9.17, 15) is 8.42 Å². The van der Waals surface area contributed by atoms with Gasteiger partial charge in [0, 0.05) is 31.1 Å². The van der Waals surface area contributed by atoms with Gasteiger partial charge in [-0.2, -0.15) is 4.31 Å². The number of nitrogens with one attached hydrogen (secondary N) is 2. The normalized spacial score (nSPS) is 16.4. The van der Waals surface area contributed by atoms with Crippen LogP contribution in [-0.4, -0.2) is 58.1 Å². The number of halogens is 1. The number of thiophene rings is 1. The van der Waals surface area contributed by atoms with Gasteiger partial charge in [0.15, 0.2) is 5.96 Å². The second-order valence-corrected chi connectivity index (χ2v) is 9.54. The Morgan fingerprint density at radius 1 is 1.31 bits per heavy atom. The van der Waals surface area contributed by atoms with Gasteiger partial charge in [-0.1, -0.05) is 13.8 Å². The van der Waals surface area contributed by atoms with Crippen LogP contribution < -0.4 is 10.6 Å². The molecule has 0 atom stereocenters. The van der Waals surface area contributed by atoms with Crippen molar-refractivity contribution in [1.82, 2.24) is 14.9 Å². The summed E-state index contributed by atoms with van der Waals surface area (Å²) in [6.45, 7) is 10.1. The third-order valence-corrected chi connectivity index (χ3v) is 7.05. The number of morpholine rings is 1. The minimum atomic E-state index is -3.42. The van der Waals surface area contributed by atoms with Gasteiger partial charge in [-0.15, -0.1) is 35.3 Å². The smallest absolute Gasteiger partial charge is 0.252 e. The van der Waals surface area contributed by atoms with Gasteiger partial charge >= 0.3 is 0 Å². The van der Waals surface area contributed by atoms with Crippen molar-refractivity contribution >= 4 is 51.3 Å². The molecule has 1 saturated heterocycles. The Balaban J connectivity index is 0.00000338. The van der Waals surface area contributed by atoms with Crippen molar-refractivity contribution in [3.8, 4) is 0 Å². The number of aliphatic imine (C=N–C) groups is 1. The van der Waals surface area contributed by atoms with Gasteiger partial charge in [-0.3, -0.25) is 0 Å². The molecule has 0 bridgehead atoms. The lowest BCUT2D eigenvalue weighted by molar-refractivity contribution is 0.0731. The van der Waals surface area contributed by atoms with E-state index >= 15 is 0 Å². The molecule has 1 aliphatic heterocycles. The highest BCUT2D eigenvalue weighted by atomic mass is 127. The van der Waals surface area contributed by atoms with Gasteiger partial charge in [0.05, 0.1) is 19.8 Å². The highest BCUT2D eigenvalue weighted by Gasteiger charge is 2.27. The molecule has 1 aliphatic rings. The van der Waals surface area contributed by atoms with E-state index in [1.54, 1.807) is 6.07 Å². The quantitative estimate of drug-likeness (QED) is 0.330. The molecule has 1 fully saturated rings. The van der Waals surface area contributed by atoms with Crippen molar-refractivity contribution in [2.45, 2.75) is 31.5 Å². The molecule has 10 heteroatoms. The molecule has 2 N–H and O–H groups in total. The van der Waals surface area contributed by atoms with Crippen LogP contribution in [0.2, 0.25) is 0 Å². The second kappa shape index (κ2) is 11.4. The van der Waals surface area contributed by atoms with Gasteiger partial charge in [-0.05, 0) is 25.0 Å². The van der Waals surface area contributed by atoms with E-state index in [0.717, 1.165) is 23.9 Å². The summed E-state index contributed by atoms with van der Waals surface area (Å²) in [5, 5.41) is 6.48. The van der Waals surface area contributed by atoms with Crippen molar-refractivity contribution in [2.24, 2.45) is 10.9 Å². The zero-order valence-electron chi connectivity index (χ0n) is 15.5. The van der Waals surface area contributed by atoms with Crippen LogP contribution in [0.4, 0.5) is 0 Å². The molecule has 1 aromatic rings. The van der Waals surface area contributed by atoms with Crippen molar-refractivity contribution in [2.75, 3.05) is 39.4 Å². The predicted octanol–water partition coefficient (Wildman–Crippen LogP) is 2.10. The summed E-state index contributed by atoms with van der Waals surface area (Å²) < 4.78 is 32.4. The number of hydrogen-bond donors (Lipinski definition) is 2. The molecule has 2 heterocycles. The van der Waals surface area contributed by atoms with Crippen LogP contribution in [0.5, 0.6) is 0 Å². The molecule has 7 nitrogen and oxygen atoms in total. The third kappa shape index (κ3) is 6.95. The van der Waals surface area contributed by atoms with Crippen LogP contribution in [0.3, 0.4) is 0 Å². The molecule has 0 aliphatic carbocycles. The van der Waals surface area contributed by atoms with Gasteiger partial charge in [0.1, 0.15) is 4.21 Å². The van der Waals surface area contributed by atoms with Crippen molar-refractivity contribution in [1.29, 1.82) is 0 Å². The monoisotopic (exact) mass is 516 g/mol. The van der Waals surface area contributed by atoms with Gasteiger partial charge < -0.3 is 15.4 Å². The first kappa shape index (κ1) is 23.6. The van der Waals surface area contributed by atoms with E-state index in [-0.39, 0.29) is 24.0 Å². The molecular formula is C16H29IN4O3S2. The van der Waals surface area contributed by atoms with E-state index in [1.165, 1.54) is 15.6 Å². The Labute approximate surface area is 177 Å². The molecule has 26 heavy (non-hydrogen) atoms. The number of rotatable bonds is 7. The topological polar surface area (TPSA) is 83.0 Å². The molecular weight excluding hydrogens is 487 g/mol. The van der Waals surface area contributed by atoms with E-state index < -0.39 is 10.0 Å². The molecule has 0 radical (unpaired) electrons. The lowest BCUT2D eigenvalue weighted by atomic mass is 10.2. The zero-order chi connectivity index (χ0) is 18.3. The van der Waals surface area contributed by atoms with E-state index in [0.29, 0.717) is 43.0 Å². The first-order chi connectivity index (χ1) is 11.9. The maximum Gasteiger partial charge on any atom is 0.252 e. The Bertz CT molecular complexity index is 671. The molecule has 1 aromatic heterocycles. The fraction of sp³-hybridized carbons (Fsp3) is 0.688. The summed E-state index contributed by atoms with van der Waals surface area (Å²) in [6.07, 6.45) is 0. The van der Waals surface area contributed by atoms with E-state index in [2.05, 4.69) is 29.5 Å². The third-order valence-electron chi connectivity index (χ3n) is 3.62. The number of ether oxygens (including phenoxy) is 1. The summed E-state index contributed by atoms with van der Waals surface area (Å²) in [5.41, 5.74) is 0. The SMILES string of the molecule is CCNC(=NCc1ccc(S(=O)(=O)N2CCOCC2)s1)NCC(C)C.I. The molecule has 0 spiro atoms. The molecule has 0 unspecified atom stereocenters. The highest BCUT2D eigenvalue weighted by molar-refractivity contribution is 14.0. The van der Waals surface area contributed by atoms with Crippen molar-refractivity contribution < 1.29 is 13.2 Å². The number of guanidine groups is 1. The maximum atomic E-state index is 12.6. The van der Waals surface area contributed by atoms with Crippen LogP contribution in [0.1, 0.15) is 25.6 Å². The molecule has 150 valence electrons. The molecule has 0 amide bonds. The molecule has 0 saturated carbocycles. The minimum absolute atomic E-state index is 0. The summed E-state index contributed by atoms with van der Waals surface area (Å²) in [4.78, 5) is 5.46. The average Bonchev–Trinajstić information content (AvgIpc) is 3.08. The Hall–Kier alpha value is -0.430. The van der Waals surface area contributed by atoms with Gasteiger partial charge in [0.25, 0.3) is 10.0 Å². The van der Waals surface area contributed by atoms with E-state index in [4.69, 9.17) is 4.74 Å². The summed E-state index contributed by atoms with van der Waals surface area (Å²) in [7, 11) is -3.42. The van der Waals surface area contributed by atoms with Crippen LogP contribution in [0, 0.1) is 5.92 Å². The maximum absolute atomic E-state index is 12.6. The Morgan fingerprint density at radius 3 is 2.62 bits per heavy atom. The summed E-state index contributed by atoms with van der Waals surface area (Å²) in [6, 6.07) is 3.52. The number of sulfonamides is 1. The van der Waals surface area contributed by atoms with Crippen LogP contribution in [0.25, 0.3) is 0 Å². The Kier molecular flexibility index (Phi) is 10.4. The minimum Gasteiger partial charge on any atom is -0.379 e. The predicted molar refractivity (Wildman–Crippen MR) is 117 cm³/mol. The second-order valence-electron chi connectivity index (χ2n) is 6.21. The van der Waals surface area contributed by atoms with Crippen molar-refractivity contribution in [3.05, 3.63) is 17.0 Å². The molecule has 0 aromatic carbocycles. The van der Waals surface area contributed by atoms with Crippen LogP contribution in [-0.2, 0) is 21.3 Å². The Morgan fingerprint density at radius 2 is 2.00 bits per heavy atom. The highest BCUT2D eigenvalue weighted by Crippen LogP contribution is 2.26. The fourth-order valence-corrected chi connectivity index (χ4v) is 5.14.